The van der Waals surface area contributed by atoms with Gasteiger partial charge in [0, 0.05) is 23.1 Å². The van der Waals surface area contributed by atoms with E-state index in [1.165, 1.54) is 0 Å². The topological polar surface area (TPSA) is 83.7 Å². The summed E-state index contributed by atoms with van der Waals surface area (Å²) in [6.07, 6.45) is 2.19. The van der Waals surface area contributed by atoms with Crippen molar-refractivity contribution in [3.63, 3.8) is 0 Å². The minimum atomic E-state index is -0.376. The van der Waals surface area contributed by atoms with E-state index < -0.39 is 0 Å². The molecular formula is C27H22ClN3O3. The predicted molar refractivity (Wildman–Crippen MR) is 134 cm³/mol. The molecule has 7 heteroatoms. The van der Waals surface area contributed by atoms with Gasteiger partial charge in [0.25, 0.3) is 11.8 Å². The molecule has 1 aromatic heterocycles. The van der Waals surface area contributed by atoms with Gasteiger partial charge in [-0.2, -0.15) is 5.10 Å². The molecule has 0 saturated heterocycles. The molecule has 170 valence electrons. The van der Waals surface area contributed by atoms with E-state index in [0.29, 0.717) is 46.2 Å². The summed E-state index contributed by atoms with van der Waals surface area (Å²) in [6.45, 7) is 1.83. The van der Waals surface area contributed by atoms with Gasteiger partial charge in [0.1, 0.15) is 5.76 Å². The van der Waals surface area contributed by atoms with Gasteiger partial charge in [0.15, 0.2) is 5.76 Å². The van der Waals surface area contributed by atoms with Crippen LogP contribution in [0.4, 0.5) is 5.69 Å². The van der Waals surface area contributed by atoms with Crippen molar-refractivity contribution >= 4 is 45.6 Å². The van der Waals surface area contributed by atoms with Gasteiger partial charge in [-0.25, -0.2) is 5.43 Å². The number of aryl methyl sites for hydroxylation is 1. The molecule has 0 bridgehead atoms. The van der Waals surface area contributed by atoms with Crippen LogP contribution in [0.5, 0.6) is 0 Å². The highest BCUT2D eigenvalue weighted by molar-refractivity contribution is 6.33. The zero-order valence-corrected chi connectivity index (χ0v) is 19.3. The van der Waals surface area contributed by atoms with Crippen molar-refractivity contribution in [2.24, 2.45) is 5.10 Å². The average molecular weight is 472 g/mol. The van der Waals surface area contributed by atoms with Gasteiger partial charge in [0.2, 0.25) is 0 Å². The summed E-state index contributed by atoms with van der Waals surface area (Å²) < 4.78 is 5.94. The third-order valence-corrected chi connectivity index (χ3v) is 6.31. The number of benzene rings is 3. The van der Waals surface area contributed by atoms with E-state index in [4.69, 9.17) is 16.0 Å². The maximum absolute atomic E-state index is 12.9. The molecule has 2 N–H and O–H groups in total. The van der Waals surface area contributed by atoms with E-state index in [1.54, 1.807) is 30.3 Å². The predicted octanol–water partition coefficient (Wildman–Crippen LogP) is 6.12. The van der Waals surface area contributed by atoms with Crippen molar-refractivity contribution < 1.29 is 14.0 Å². The highest BCUT2D eigenvalue weighted by atomic mass is 35.5. The number of hydrogen-bond acceptors (Lipinski definition) is 4. The Morgan fingerprint density at radius 1 is 0.941 bits per heavy atom. The molecule has 0 saturated carbocycles. The van der Waals surface area contributed by atoms with Gasteiger partial charge in [-0.05, 0) is 48.7 Å². The number of nitrogens with zero attached hydrogens (tertiary/aromatic N) is 1. The number of anilines is 1. The largest absolute Gasteiger partial charge is 0.455 e. The van der Waals surface area contributed by atoms with Crippen LogP contribution in [-0.2, 0) is 6.42 Å². The quantitative estimate of drug-likeness (QED) is 0.352. The second kappa shape index (κ2) is 9.15. The van der Waals surface area contributed by atoms with Crippen LogP contribution < -0.4 is 10.7 Å². The number of hydrazone groups is 1. The number of carbonyl (C=O) groups is 2. The van der Waals surface area contributed by atoms with Crippen LogP contribution in [0.25, 0.3) is 10.8 Å². The Labute approximate surface area is 201 Å². The van der Waals surface area contributed by atoms with Gasteiger partial charge >= 0.3 is 0 Å². The lowest BCUT2D eigenvalue weighted by Gasteiger charge is -2.13. The number of carbonyl (C=O) groups excluding carboxylic acids is 2. The normalized spacial score (nSPS) is 14.1. The molecule has 0 atom stereocenters. The zero-order valence-electron chi connectivity index (χ0n) is 18.5. The number of fused-ring (bicyclic) bond motifs is 2. The van der Waals surface area contributed by atoms with E-state index in [1.807, 2.05) is 43.3 Å². The fraction of sp³-hybridized carbons (Fsp3) is 0.148. The average Bonchev–Trinajstić information content (AvgIpc) is 3.20. The summed E-state index contributed by atoms with van der Waals surface area (Å²) in [5.41, 5.74) is 5.95. The molecule has 1 aliphatic rings. The van der Waals surface area contributed by atoms with E-state index in [-0.39, 0.29) is 17.6 Å². The molecule has 6 nitrogen and oxygen atoms in total. The Kier molecular flexibility index (Phi) is 5.90. The third kappa shape index (κ3) is 4.08. The van der Waals surface area contributed by atoms with E-state index in [9.17, 15) is 9.59 Å². The Morgan fingerprint density at radius 3 is 2.56 bits per heavy atom. The second-order valence-corrected chi connectivity index (χ2v) is 8.58. The van der Waals surface area contributed by atoms with E-state index >= 15 is 0 Å². The second-order valence-electron chi connectivity index (χ2n) is 8.17. The molecule has 0 aliphatic heterocycles. The first-order chi connectivity index (χ1) is 16.5. The first-order valence-electron chi connectivity index (χ1n) is 11.1. The van der Waals surface area contributed by atoms with E-state index in [2.05, 4.69) is 15.8 Å². The lowest BCUT2D eigenvalue weighted by atomic mass is 9.93. The first-order valence-corrected chi connectivity index (χ1v) is 11.4. The molecular weight excluding hydrogens is 450 g/mol. The number of halogens is 1. The Bertz CT molecular complexity index is 1450. The summed E-state index contributed by atoms with van der Waals surface area (Å²) in [5, 5.41) is 9.55. The van der Waals surface area contributed by atoms with Crippen LogP contribution in [0.1, 0.15) is 50.6 Å². The number of hydrogen-bond donors (Lipinski definition) is 2. The Hall–Kier alpha value is -3.90. The molecule has 0 spiro atoms. The lowest BCUT2D eigenvalue weighted by Crippen LogP contribution is -2.22. The number of nitrogens with one attached hydrogen (secondary N) is 2. The SMILES string of the molecule is Cc1c(C(=O)Nc2ccccc2Cl)oc2c1/C(=N/NC(=O)c1cccc3ccccc13)CCC2. The molecule has 0 fully saturated rings. The maximum atomic E-state index is 12.9. The summed E-state index contributed by atoms with van der Waals surface area (Å²) in [7, 11) is 0. The van der Waals surface area contributed by atoms with Crippen LogP contribution in [-0.4, -0.2) is 17.5 Å². The minimum Gasteiger partial charge on any atom is -0.455 e. The van der Waals surface area contributed by atoms with Crippen LogP contribution in [0.3, 0.4) is 0 Å². The molecule has 4 aromatic rings. The highest BCUT2D eigenvalue weighted by Crippen LogP contribution is 2.31. The van der Waals surface area contributed by atoms with Gasteiger partial charge in [0.05, 0.1) is 16.4 Å². The molecule has 5 rings (SSSR count). The molecule has 1 aliphatic carbocycles. The molecule has 3 aromatic carbocycles. The smallest absolute Gasteiger partial charge is 0.291 e. The van der Waals surface area contributed by atoms with Crippen molar-refractivity contribution in [1.82, 2.24) is 5.43 Å². The first kappa shape index (κ1) is 21.9. The van der Waals surface area contributed by atoms with Crippen LogP contribution >= 0.6 is 11.6 Å². The monoisotopic (exact) mass is 471 g/mol. The van der Waals surface area contributed by atoms with Crippen molar-refractivity contribution in [3.8, 4) is 0 Å². The van der Waals surface area contributed by atoms with Crippen LogP contribution in [0.2, 0.25) is 5.02 Å². The van der Waals surface area contributed by atoms with Crippen molar-refractivity contribution in [2.45, 2.75) is 26.2 Å². The fourth-order valence-electron chi connectivity index (χ4n) is 4.34. The maximum Gasteiger partial charge on any atom is 0.291 e. The van der Waals surface area contributed by atoms with Gasteiger partial charge in [-0.15, -0.1) is 0 Å². The molecule has 0 radical (unpaired) electrons. The fourth-order valence-corrected chi connectivity index (χ4v) is 4.52. The molecule has 0 unspecified atom stereocenters. The standard InChI is InChI=1S/C27H22ClN3O3/c1-16-24-22(30-31-26(32)19-11-6-9-17-8-2-3-10-18(17)19)14-7-15-23(24)34-25(16)27(33)29-21-13-5-4-12-20(21)28/h2-6,8-13H,7,14-15H2,1H3,(H,29,33)(H,31,32)/b30-22+. The van der Waals surface area contributed by atoms with Gasteiger partial charge in [-0.3, -0.25) is 9.59 Å². The van der Waals surface area contributed by atoms with Crippen molar-refractivity contribution in [1.29, 1.82) is 0 Å². The summed E-state index contributed by atoms with van der Waals surface area (Å²) >= 11 is 6.17. The summed E-state index contributed by atoms with van der Waals surface area (Å²) in [5.74, 6) is 0.263. The van der Waals surface area contributed by atoms with Crippen molar-refractivity contribution in [2.75, 3.05) is 5.32 Å². The lowest BCUT2D eigenvalue weighted by molar-refractivity contribution is 0.0955. The Morgan fingerprint density at radius 2 is 1.71 bits per heavy atom. The van der Waals surface area contributed by atoms with Gasteiger partial charge in [-0.1, -0.05) is 60.1 Å². The Balaban J connectivity index is 1.41. The zero-order chi connectivity index (χ0) is 23.7. The number of rotatable bonds is 4. The van der Waals surface area contributed by atoms with E-state index in [0.717, 1.165) is 22.8 Å². The van der Waals surface area contributed by atoms with Crippen molar-refractivity contribution in [3.05, 3.63) is 100.0 Å². The van der Waals surface area contributed by atoms with Gasteiger partial charge < -0.3 is 9.73 Å². The number of furan rings is 1. The summed E-state index contributed by atoms with van der Waals surface area (Å²) in [6, 6.07) is 20.4. The number of para-hydroxylation sites is 1. The highest BCUT2D eigenvalue weighted by Gasteiger charge is 2.28. The number of amides is 2. The molecule has 1 heterocycles. The summed E-state index contributed by atoms with van der Waals surface area (Å²) in [4.78, 5) is 25.8. The third-order valence-electron chi connectivity index (χ3n) is 5.98. The molecule has 2 amide bonds. The van der Waals surface area contributed by atoms with Crippen LogP contribution in [0, 0.1) is 6.92 Å². The minimum absolute atomic E-state index is 0.222. The van der Waals surface area contributed by atoms with Crippen LogP contribution in [0.15, 0.2) is 76.2 Å². The molecule has 34 heavy (non-hydrogen) atoms.